The first kappa shape index (κ1) is 14.5. The van der Waals surface area contributed by atoms with Gasteiger partial charge in [0.15, 0.2) is 0 Å². The SMILES string of the molecule is NCCC1CCCCN1C(=O)Cc1ccc2ncsc2c1. The summed E-state index contributed by atoms with van der Waals surface area (Å²) in [4.78, 5) is 18.9. The molecule has 1 unspecified atom stereocenters. The van der Waals surface area contributed by atoms with E-state index in [-0.39, 0.29) is 5.91 Å². The molecule has 1 fully saturated rings. The van der Waals surface area contributed by atoms with Gasteiger partial charge in [-0.25, -0.2) is 4.98 Å². The third-order valence-electron chi connectivity index (χ3n) is 4.20. The highest BCUT2D eigenvalue weighted by atomic mass is 32.1. The molecule has 1 saturated heterocycles. The van der Waals surface area contributed by atoms with Crippen LogP contribution in [-0.2, 0) is 11.2 Å². The van der Waals surface area contributed by atoms with Crippen LogP contribution < -0.4 is 5.73 Å². The van der Waals surface area contributed by atoms with Gasteiger partial charge in [0, 0.05) is 12.6 Å². The van der Waals surface area contributed by atoms with E-state index in [0.29, 0.717) is 19.0 Å². The molecule has 0 radical (unpaired) electrons. The largest absolute Gasteiger partial charge is 0.339 e. The van der Waals surface area contributed by atoms with Gasteiger partial charge in [-0.2, -0.15) is 0 Å². The molecule has 1 aromatic carbocycles. The molecule has 2 N–H and O–H groups in total. The van der Waals surface area contributed by atoms with Crippen LogP contribution in [-0.4, -0.2) is 34.9 Å². The summed E-state index contributed by atoms with van der Waals surface area (Å²) in [6.45, 7) is 1.54. The molecular weight excluding hydrogens is 282 g/mol. The highest BCUT2D eigenvalue weighted by molar-refractivity contribution is 7.16. The second-order valence-corrected chi connectivity index (χ2v) is 6.53. The van der Waals surface area contributed by atoms with Crippen LogP contribution in [0.4, 0.5) is 0 Å². The number of nitrogens with two attached hydrogens (primary N) is 1. The molecule has 5 heteroatoms. The van der Waals surface area contributed by atoms with Crippen LogP contribution in [0.2, 0.25) is 0 Å². The van der Waals surface area contributed by atoms with E-state index < -0.39 is 0 Å². The number of benzene rings is 1. The summed E-state index contributed by atoms with van der Waals surface area (Å²) in [7, 11) is 0. The van der Waals surface area contributed by atoms with E-state index in [0.717, 1.165) is 41.6 Å². The number of nitrogens with zero attached hydrogens (tertiary/aromatic N) is 2. The standard InChI is InChI=1S/C16H21N3OS/c17-7-6-13-3-1-2-8-19(13)16(20)10-12-4-5-14-15(9-12)21-11-18-14/h4-5,9,11,13H,1-3,6-8,10,17H2. The van der Waals surface area contributed by atoms with Crippen LogP contribution in [0.5, 0.6) is 0 Å². The summed E-state index contributed by atoms with van der Waals surface area (Å²) in [6.07, 6.45) is 4.81. The molecule has 0 aliphatic carbocycles. The summed E-state index contributed by atoms with van der Waals surface area (Å²) >= 11 is 1.62. The lowest BCUT2D eigenvalue weighted by Gasteiger charge is -2.35. The van der Waals surface area contributed by atoms with Gasteiger partial charge in [0.1, 0.15) is 0 Å². The molecule has 1 aliphatic heterocycles. The fourth-order valence-corrected chi connectivity index (χ4v) is 3.85. The monoisotopic (exact) mass is 303 g/mol. The van der Waals surface area contributed by atoms with Crippen LogP contribution in [0.25, 0.3) is 10.2 Å². The van der Waals surface area contributed by atoms with Gasteiger partial charge in [-0.1, -0.05) is 6.07 Å². The number of hydrogen-bond donors (Lipinski definition) is 1. The maximum absolute atomic E-state index is 12.6. The van der Waals surface area contributed by atoms with Crippen molar-refractivity contribution in [2.24, 2.45) is 5.73 Å². The third-order valence-corrected chi connectivity index (χ3v) is 4.99. The Morgan fingerprint density at radius 1 is 1.43 bits per heavy atom. The first-order valence-electron chi connectivity index (χ1n) is 7.59. The molecule has 21 heavy (non-hydrogen) atoms. The van der Waals surface area contributed by atoms with Gasteiger partial charge in [0.05, 0.1) is 22.1 Å². The van der Waals surface area contributed by atoms with Crippen molar-refractivity contribution in [1.82, 2.24) is 9.88 Å². The predicted octanol–water partition coefficient (Wildman–Crippen LogP) is 2.57. The quantitative estimate of drug-likeness (QED) is 0.944. The molecule has 1 atom stereocenters. The molecule has 2 aromatic rings. The summed E-state index contributed by atoms with van der Waals surface area (Å²) < 4.78 is 1.15. The van der Waals surface area contributed by atoms with E-state index in [1.54, 1.807) is 11.3 Å². The number of rotatable bonds is 4. The topological polar surface area (TPSA) is 59.2 Å². The van der Waals surface area contributed by atoms with Gasteiger partial charge in [-0.05, 0) is 49.9 Å². The zero-order chi connectivity index (χ0) is 14.7. The Hall–Kier alpha value is -1.46. The molecule has 112 valence electrons. The zero-order valence-electron chi connectivity index (χ0n) is 12.1. The first-order valence-corrected chi connectivity index (χ1v) is 8.47. The van der Waals surface area contributed by atoms with Crippen molar-refractivity contribution in [3.8, 4) is 0 Å². The Morgan fingerprint density at radius 3 is 3.19 bits per heavy atom. The van der Waals surface area contributed by atoms with Crippen LogP contribution >= 0.6 is 11.3 Å². The average Bonchev–Trinajstić information content (AvgIpc) is 2.95. The number of thiazole rings is 1. The van der Waals surface area contributed by atoms with Crippen molar-refractivity contribution in [3.63, 3.8) is 0 Å². The smallest absolute Gasteiger partial charge is 0.227 e. The van der Waals surface area contributed by atoms with E-state index in [9.17, 15) is 4.79 Å². The number of piperidine rings is 1. The van der Waals surface area contributed by atoms with Crippen LogP contribution in [0.1, 0.15) is 31.2 Å². The third kappa shape index (κ3) is 3.24. The van der Waals surface area contributed by atoms with E-state index in [2.05, 4.69) is 11.1 Å². The Labute approximate surface area is 129 Å². The minimum absolute atomic E-state index is 0.233. The number of likely N-dealkylation sites (tertiary alicyclic amines) is 1. The van der Waals surface area contributed by atoms with Crippen molar-refractivity contribution in [3.05, 3.63) is 29.3 Å². The molecule has 0 saturated carbocycles. The minimum atomic E-state index is 0.233. The van der Waals surface area contributed by atoms with Crippen molar-refractivity contribution >= 4 is 27.5 Å². The van der Waals surface area contributed by atoms with E-state index in [1.165, 1.54) is 6.42 Å². The van der Waals surface area contributed by atoms with E-state index in [1.807, 2.05) is 22.5 Å². The molecule has 1 aromatic heterocycles. The number of amides is 1. The van der Waals surface area contributed by atoms with Crippen LogP contribution in [0.3, 0.4) is 0 Å². The molecule has 0 spiro atoms. The maximum atomic E-state index is 12.6. The average molecular weight is 303 g/mol. The Morgan fingerprint density at radius 2 is 2.33 bits per heavy atom. The number of carbonyl (C=O) groups excluding carboxylic acids is 1. The van der Waals surface area contributed by atoms with E-state index in [4.69, 9.17) is 5.73 Å². The fourth-order valence-electron chi connectivity index (χ4n) is 3.11. The van der Waals surface area contributed by atoms with Crippen LogP contribution in [0, 0.1) is 0 Å². The van der Waals surface area contributed by atoms with Gasteiger partial charge in [-0.3, -0.25) is 4.79 Å². The highest BCUT2D eigenvalue weighted by Gasteiger charge is 2.25. The number of aromatic nitrogens is 1. The van der Waals surface area contributed by atoms with Gasteiger partial charge < -0.3 is 10.6 Å². The van der Waals surface area contributed by atoms with Gasteiger partial charge in [-0.15, -0.1) is 11.3 Å². The van der Waals surface area contributed by atoms with E-state index >= 15 is 0 Å². The van der Waals surface area contributed by atoms with Gasteiger partial charge in [0.2, 0.25) is 5.91 Å². The number of hydrogen-bond acceptors (Lipinski definition) is 4. The summed E-state index contributed by atoms with van der Waals surface area (Å²) in [6, 6.07) is 6.44. The van der Waals surface area contributed by atoms with Gasteiger partial charge >= 0.3 is 0 Å². The summed E-state index contributed by atoms with van der Waals surface area (Å²) in [5, 5.41) is 0. The fraction of sp³-hybridized carbons (Fsp3) is 0.500. The molecule has 4 nitrogen and oxygen atoms in total. The molecule has 3 rings (SSSR count). The van der Waals surface area contributed by atoms with Crippen molar-refractivity contribution < 1.29 is 4.79 Å². The second-order valence-electron chi connectivity index (χ2n) is 5.65. The molecule has 0 bridgehead atoms. The normalized spacial score (nSPS) is 19.1. The molecule has 1 aliphatic rings. The minimum Gasteiger partial charge on any atom is -0.339 e. The lowest BCUT2D eigenvalue weighted by Crippen LogP contribution is -2.45. The Balaban J connectivity index is 1.71. The van der Waals surface area contributed by atoms with Crippen molar-refractivity contribution in [2.75, 3.05) is 13.1 Å². The lowest BCUT2D eigenvalue weighted by atomic mass is 9.98. The highest BCUT2D eigenvalue weighted by Crippen LogP contribution is 2.22. The summed E-state index contributed by atoms with van der Waals surface area (Å²) in [5.41, 5.74) is 9.61. The number of fused-ring (bicyclic) bond motifs is 1. The predicted molar refractivity (Wildman–Crippen MR) is 86.3 cm³/mol. The molecule has 1 amide bonds. The Bertz CT molecular complexity index is 623. The molecule has 2 heterocycles. The maximum Gasteiger partial charge on any atom is 0.227 e. The van der Waals surface area contributed by atoms with Gasteiger partial charge in [0.25, 0.3) is 0 Å². The second kappa shape index (κ2) is 6.54. The molecular formula is C16H21N3OS. The van der Waals surface area contributed by atoms with Crippen molar-refractivity contribution in [2.45, 2.75) is 38.1 Å². The summed E-state index contributed by atoms with van der Waals surface area (Å²) in [5.74, 6) is 0.233. The number of carbonyl (C=O) groups is 1. The first-order chi connectivity index (χ1) is 10.3. The Kier molecular flexibility index (Phi) is 4.51. The zero-order valence-corrected chi connectivity index (χ0v) is 12.9. The lowest BCUT2D eigenvalue weighted by molar-refractivity contribution is -0.134. The van der Waals surface area contributed by atoms with Crippen molar-refractivity contribution in [1.29, 1.82) is 0 Å². The van der Waals surface area contributed by atoms with Crippen LogP contribution in [0.15, 0.2) is 23.7 Å².